The second-order valence-corrected chi connectivity index (χ2v) is 6.46. The molecule has 1 fully saturated rings. The molecule has 0 bridgehead atoms. The van der Waals surface area contributed by atoms with E-state index in [0.29, 0.717) is 24.7 Å². The highest BCUT2D eigenvalue weighted by atomic mass is 32.1. The van der Waals surface area contributed by atoms with E-state index in [-0.39, 0.29) is 5.91 Å². The Bertz CT molecular complexity index is 891. The number of thiazole rings is 1. The van der Waals surface area contributed by atoms with Crippen molar-refractivity contribution in [3.05, 3.63) is 41.1 Å². The molecule has 3 heterocycles. The summed E-state index contributed by atoms with van der Waals surface area (Å²) in [7, 11) is 1.61. The summed E-state index contributed by atoms with van der Waals surface area (Å²) >= 11 is 1.44. The van der Waals surface area contributed by atoms with Crippen LogP contribution in [0.15, 0.2) is 35.4 Å². The molecular formula is C17H17N5O2S. The van der Waals surface area contributed by atoms with E-state index in [2.05, 4.69) is 19.9 Å². The maximum atomic E-state index is 12.4. The molecule has 25 heavy (non-hydrogen) atoms. The average Bonchev–Trinajstić information content (AvgIpc) is 3.21. The van der Waals surface area contributed by atoms with Gasteiger partial charge in [0.2, 0.25) is 5.88 Å². The maximum Gasteiger partial charge on any atom is 0.273 e. The van der Waals surface area contributed by atoms with E-state index >= 15 is 0 Å². The number of hydrogen-bond acceptors (Lipinski definition) is 7. The SMILES string of the molecule is COc1ncnc2ccc(N3CCN(C(=O)c4cscn4)CC3)cc12. The van der Waals surface area contributed by atoms with Gasteiger partial charge in [-0.3, -0.25) is 4.79 Å². The summed E-state index contributed by atoms with van der Waals surface area (Å²) in [4.78, 5) is 29.0. The van der Waals surface area contributed by atoms with E-state index in [1.165, 1.54) is 17.7 Å². The molecule has 0 atom stereocenters. The van der Waals surface area contributed by atoms with Gasteiger partial charge in [0.25, 0.3) is 5.91 Å². The Morgan fingerprint density at radius 1 is 1.16 bits per heavy atom. The quantitative estimate of drug-likeness (QED) is 0.716. The molecule has 1 saturated heterocycles. The molecule has 4 rings (SSSR count). The molecule has 7 nitrogen and oxygen atoms in total. The highest BCUT2D eigenvalue weighted by Gasteiger charge is 2.23. The Hall–Kier alpha value is -2.74. The minimum absolute atomic E-state index is 0.00878. The lowest BCUT2D eigenvalue weighted by Crippen LogP contribution is -2.48. The molecule has 2 aromatic heterocycles. The second-order valence-electron chi connectivity index (χ2n) is 5.74. The van der Waals surface area contributed by atoms with Gasteiger partial charge in [0.05, 0.1) is 23.5 Å². The molecule has 1 aromatic carbocycles. The van der Waals surface area contributed by atoms with Crippen molar-refractivity contribution >= 4 is 33.8 Å². The number of hydrogen-bond donors (Lipinski definition) is 0. The van der Waals surface area contributed by atoms with Crippen molar-refractivity contribution in [3.63, 3.8) is 0 Å². The van der Waals surface area contributed by atoms with Crippen LogP contribution in [0.5, 0.6) is 5.88 Å². The highest BCUT2D eigenvalue weighted by molar-refractivity contribution is 7.07. The number of anilines is 1. The van der Waals surface area contributed by atoms with Gasteiger partial charge in [-0.25, -0.2) is 15.0 Å². The lowest BCUT2D eigenvalue weighted by molar-refractivity contribution is 0.0741. The van der Waals surface area contributed by atoms with Crippen molar-refractivity contribution in [2.24, 2.45) is 0 Å². The summed E-state index contributed by atoms with van der Waals surface area (Å²) in [6.07, 6.45) is 1.50. The minimum Gasteiger partial charge on any atom is -0.480 e. The van der Waals surface area contributed by atoms with Gasteiger partial charge in [-0.1, -0.05) is 0 Å². The first-order chi connectivity index (χ1) is 12.3. The van der Waals surface area contributed by atoms with Crippen LogP contribution in [0, 0.1) is 0 Å². The van der Waals surface area contributed by atoms with Crippen LogP contribution in [-0.4, -0.2) is 59.0 Å². The molecular weight excluding hydrogens is 338 g/mol. The molecule has 3 aromatic rings. The molecule has 1 aliphatic heterocycles. The number of fused-ring (bicyclic) bond motifs is 1. The zero-order chi connectivity index (χ0) is 17.2. The first-order valence-corrected chi connectivity index (χ1v) is 8.91. The van der Waals surface area contributed by atoms with Gasteiger partial charge in [0.15, 0.2) is 0 Å². The molecule has 8 heteroatoms. The number of aromatic nitrogens is 3. The highest BCUT2D eigenvalue weighted by Crippen LogP contribution is 2.27. The van der Waals surface area contributed by atoms with Gasteiger partial charge in [-0.05, 0) is 18.2 Å². The predicted molar refractivity (Wildman–Crippen MR) is 96.3 cm³/mol. The standard InChI is InChI=1S/C17H17N5O2S/c1-24-16-13-8-12(2-3-14(13)18-10-19-16)21-4-6-22(7-5-21)17(23)15-9-25-11-20-15/h2-3,8-11H,4-7H2,1H3. The third-order valence-corrected chi connectivity index (χ3v) is 4.95. The summed E-state index contributed by atoms with van der Waals surface area (Å²) in [6.45, 7) is 2.91. The van der Waals surface area contributed by atoms with Crippen LogP contribution >= 0.6 is 11.3 Å². The van der Waals surface area contributed by atoms with Crippen LogP contribution in [0.2, 0.25) is 0 Å². The van der Waals surface area contributed by atoms with Gasteiger partial charge >= 0.3 is 0 Å². The fraction of sp³-hybridized carbons (Fsp3) is 0.294. The van der Waals surface area contributed by atoms with Gasteiger partial charge in [0.1, 0.15) is 12.0 Å². The number of nitrogens with zero attached hydrogens (tertiary/aromatic N) is 5. The normalized spacial score (nSPS) is 14.8. The van der Waals surface area contributed by atoms with Crippen molar-refractivity contribution < 1.29 is 9.53 Å². The van der Waals surface area contributed by atoms with Crippen LogP contribution in [-0.2, 0) is 0 Å². The zero-order valence-electron chi connectivity index (χ0n) is 13.8. The van der Waals surface area contributed by atoms with E-state index < -0.39 is 0 Å². The molecule has 1 amide bonds. The molecule has 0 N–H and O–H groups in total. The first-order valence-electron chi connectivity index (χ1n) is 7.97. The Balaban J connectivity index is 1.51. The summed E-state index contributed by atoms with van der Waals surface area (Å²) < 4.78 is 5.33. The van der Waals surface area contributed by atoms with Crippen molar-refractivity contribution in [2.75, 3.05) is 38.2 Å². The first kappa shape index (κ1) is 15.8. The van der Waals surface area contributed by atoms with Gasteiger partial charge in [0, 0.05) is 37.2 Å². The van der Waals surface area contributed by atoms with Gasteiger partial charge < -0.3 is 14.5 Å². The van der Waals surface area contributed by atoms with Crippen LogP contribution in [0.4, 0.5) is 5.69 Å². The molecule has 0 aliphatic carbocycles. The molecule has 128 valence electrons. The Morgan fingerprint density at radius 3 is 2.72 bits per heavy atom. The number of benzene rings is 1. The molecule has 0 saturated carbocycles. The number of ether oxygens (including phenoxy) is 1. The van der Waals surface area contributed by atoms with Crippen molar-refractivity contribution in [2.45, 2.75) is 0 Å². The molecule has 0 unspecified atom stereocenters. The van der Waals surface area contributed by atoms with E-state index in [1.807, 2.05) is 23.1 Å². The summed E-state index contributed by atoms with van der Waals surface area (Å²) in [5.41, 5.74) is 4.16. The van der Waals surface area contributed by atoms with E-state index in [1.54, 1.807) is 18.0 Å². The molecule has 0 radical (unpaired) electrons. The third-order valence-electron chi connectivity index (χ3n) is 4.36. The molecule has 0 spiro atoms. The Morgan fingerprint density at radius 2 is 2.00 bits per heavy atom. The topological polar surface area (TPSA) is 71.5 Å². The third kappa shape index (κ3) is 3.00. The zero-order valence-corrected chi connectivity index (χ0v) is 14.6. The Kier molecular flexibility index (Phi) is 4.19. The van der Waals surface area contributed by atoms with E-state index in [9.17, 15) is 4.79 Å². The number of carbonyl (C=O) groups is 1. The monoisotopic (exact) mass is 355 g/mol. The summed E-state index contributed by atoms with van der Waals surface area (Å²) in [5.74, 6) is 0.582. The largest absolute Gasteiger partial charge is 0.480 e. The maximum absolute atomic E-state index is 12.4. The predicted octanol–water partition coefficient (Wildman–Crippen LogP) is 2.06. The van der Waals surface area contributed by atoms with Gasteiger partial charge in [-0.2, -0.15) is 0 Å². The lowest BCUT2D eigenvalue weighted by atomic mass is 10.2. The summed E-state index contributed by atoms with van der Waals surface area (Å²) in [5, 5.41) is 2.69. The Labute approximate surface area is 148 Å². The van der Waals surface area contributed by atoms with Crippen LogP contribution < -0.4 is 9.64 Å². The second kappa shape index (κ2) is 6.64. The van der Waals surface area contributed by atoms with Crippen LogP contribution in [0.1, 0.15) is 10.5 Å². The average molecular weight is 355 g/mol. The number of amides is 1. The minimum atomic E-state index is 0.00878. The smallest absolute Gasteiger partial charge is 0.273 e. The fourth-order valence-electron chi connectivity index (χ4n) is 3.03. The van der Waals surface area contributed by atoms with Gasteiger partial charge in [-0.15, -0.1) is 11.3 Å². The van der Waals surface area contributed by atoms with E-state index in [0.717, 1.165) is 29.7 Å². The number of methoxy groups -OCH3 is 1. The lowest BCUT2D eigenvalue weighted by Gasteiger charge is -2.36. The molecule has 1 aliphatic rings. The van der Waals surface area contributed by atoms with Crippen LogP contribution in [0.25, 0.3) is 10.9 Å². The fourth-order valence-corrected chi connectivity index (χ4v) is 3.55. The van der Waals surface area contributed by atoms with Crippen molar-refractivity contribution in [1.29, 1.82) is 0 Å². The van der Waals surface area contributed by atoms with E-state index in [4.69, 9.17) is 4.74 Å². The van der Waals surface area contributed by atoms with Crippen molar-refractivity contribution in [3.8, 4) is 5.88 Å². The van der Waals surface area contributed by atoms with Crippen molar-refractivity contribution in [1.82, 2.24) is 19.9 Å². The number of piperazine rings is 1. The number of carbonyl (C=O) groups excluding carboxylic acids is 1. The summed E-state index contributed by atoms with van der Waals surface area (Å²) in [6, 6.07) is 6.07. The number of rotatable bonds is 3. The van der Waals surface area contributed by atoms with Crippen LogP contribution in [0.3, 0.4) is 0 Å².